The summed E-state index contributed by atoms with van der Waals surface area (Å²) in [4.78, 5) is 15.7. The van der Waals surface area contributed by atoms with Gasteiger partial charge in [0.2, 0.25) is 0 Å². The highest BCUT2D eigenvalue weighted by atomic mass is 79.9. The van der Waals surface area contributed by atoms with E-state index in [-0.39, 0.29) is 5.69 Å². The van der Waals surface area contributed by atoms with Gasteiger partial charge in [0, 0.05) is 9.86 Å². The molecule has 0 aliphatic heterocycles. The number of nitrogens with zero attached hydrogens (tertiary/aromatic N) is 1. The van der Waals surface area contributed by atoms with Gasteiger partial charge in [0.1, 0.15) is 5.69 Å². The van der Waals surface area contributed by atoms with Crippen LogP contribution in [0.25, 0.3) is 10.9 Å². The third-order valence-corrected chi connectivity index (χ3v) is 7.29. The van der Waals surface area contributed by atoms with Gasteiger partial charge in [-0.3, -0.25) is 0 Å². The molecule has 3 nitrogen and oxygen atoms in total. The zero-order valence-electron chi connectivity index (χ0n) is 13.5. The Morgan fingerprint density at radius 1 is 1.08 bits per heavy atom. The van der Waals surface area contributed by atoms with Crippen molar-refractivity contribution in [2.75, 3.05) is 0 Å². The summed E-state index contributed by atoms with van der Waals surface area (Å²) in [6.07, 6.45) is 8.22. The molecule has 4 bridgehead atoms. The molecular formula is C20H20BrNO2. The third-order valence-electron chi connectivity index (χ3n) is 6.63. The molecule has 124 valence electrons. The molecule has 0 saturated heterocycles. The van der Waals surface area contributed by atoms with E-state index in [1.54, 1.807) is 6.07 Å². The van der Waals surface area contributed by atoms with E-state index in [9.17, 15) is 9.90 Å². The van der Waals surface area contributed by atoms with Crippen molar-refractivity contribution in [3.05, 3.63) is 40.0 Å². The summed E-state index contributed by atoms with van der Waals surface area (Å²) in [5.41, 5.74) is 2.61. The summed E-state index contributed by atoms with van der Waals surface area (Å²) in [6.45, 7) is 0. The number of carboxylic acids is 1. The zero-order chi connectivity index (χ0) is 16.5. The first-order valence-corrected chi connectivity index (χ1v) is 9.66. The van der Waals surface area contributed by atoms with E-state index >= 15 is 0 Å². The quantitative estimate of drug-likeness (QED) is 0.775. The van der Waals surface area contributed by atoms with Crippen LogP contribution in [0.3, 0.4) is 0 Å². The SMILES string of the molecule is O=C(O)c1cc(Br)c2ccc(C34CC5CC(CC(C5)C3)C4)cc2n1. The van der Waals surface area contributed by atoms with Crippen LogP contribution in [0.4, 0.5) is 0 Å². The molecule has 0 amide bonds. The van der Waals surface area contributed by atoms with Crippen LogP contribution in [0.15, 0.2) is 28.7 Å². The van der Waals surface area contributed by atoms with Crippen LogP contribution < -0.4 is 0 Å². The Kier molecular flexibility index (Phi) is 3.13. The van der Waals surface area contributed by atoms with Crippen LogP contribution in [-0.2, 0) is 5.41 Å². The van der Waals surface area contributed by atoms with Crippen LogP contribution in [0, 0.1) is 17.8 Å². The second kappa shape index (κ2) is 5.04. The fourth-order valence-corrected chi connectivity index (χ4v) is 6.64. The van der Waals surface area contributed by atoms with Crippen molar-refractivity contribution < 1.29 is 9.90 Å². The van der Waals surface area contributed by atoms with Gasteiger partial charge in [-0.05, 0) is 79.4 Å². The smallest absolute Gasteiger partial charge is 0.354 e. The molecule has 24 heavy (non-hydrogen) atoms. The first-order valence-electron chi connectivity index (χ1n) is 8.86. The van der Waals surface area contributed by atoms with Crippen LogP contribution in [0.1, 0.15) is 54.6 Å². The molecule has 0 radical (unpaired) electrons. The van der Waals surface area contributed by atoms with E-state index in [0.29, 0.717) is 5.41 Å². The number of carboxylic acid groups (broad SMARTS) is 1. The molecule has 4 aliphatic carbocycles. The Balaban J connectivity index is 1.64. The number of aromatic carboxylic acids is 1. The molecule has 4 aliphatic rings. The molecule has 0 unspecified atom stereocenters. The van der Waals surface area contributed by atoms with Crippen molar-refractivity contribution in [1.82, 2.24) is 4.98 Å². The van der Waals surface area contributed by atoms with Crippen molar-refractivity contribution >= 4 is 32.8 Å². The van der Waals surface area contributed by atoms with E-state index in [1.165, 1.54) is 44.1 Å². The third kappa shape index (κ3) is 2.15. The molecule has 1 N–H and O–H groups in total. The van der Waals surface area contributed by atoms with Crippen molar-refractivity contribution in [2.45, 2.75) is 43.9 Å². The van der Waals surface area contributed by atoms with E-state index in [2.05, 4.69) is 39.1 Å². The number of rotatable bonds is 2. The monoisotopic (exact) mass is 385 g/mol. The van der Waals surface area contributed by atoms with Gasteiger partial charge in [-0.2, -0.15) is 0 Å². The average Bonchev–Trinajstić information content (AvgIpc) is 2.53. The van der Waals surface area contributed by atoms with Crippen LogP contribution in [0.5, 0.6) is 0 Å². The summed E-state index contributed by atoms with van der Waals surface area (Å²) >= 11 is 3.50. The molecule has 4 saturated carbocycles. The topological polar surface area (TPSA) is 50.2 Å². The van der Waals surface area contributed by atoms with Gasteiger partial charge in [0.15, 0.2) is 0 Å². The maximum atomic E-state index is 11.3. The lowest BCUT2D eigenvalue weighted by molar-refractivity contribution is -0.00513. The minimum atomic E-state index is -0.974. The van der Waals surface area contributed by atoms with Crippen molar-refractivity contribution in [1.29, 1.82) is 0 Å². The number of hydrogen-bond acceptors (Lipinski definition) is 2. The fourth-order valence-electron chi connectivity index (χ4n) is 6.09. The average molecular weight is 386 g/mol. The molecule has 2 aromatic rings. The highest BCUT2D eigenvalue weighted by Gasteiger charge is 2.51. The number of halogens is 1. The van der Waals surface area contributed by atoms with Gasteiger partial charge in [-0.1, -0.05) is 28.1 Å². The van der Waals surface area contributed by atoms with Crippen molar-refractivity contribution in [2.24, 2.45) is 17.8 Å². The van der Waals surface area contributed by atoms with Crippen LogP contribution in [-0.4, -0.2) is 16.1 Å². The van der Waals surface area contributed by atoms with Gasteiger partial charge >= 0.3 is 5.97 Å². The predicted octanol–water partition coefficient (Wildman–Crippen LogP) is 5.16. The standard InChI is InChI=1S/C20H20BrNO2/c21-16-7-18(19(23)24)22-17-6-14(1-2-15(16)17)20-8-11-3-12(9-20)5-13(4-11)10-20/h1-2,6-7,11-13H,3-5,8-10H2,(H,23,24). The van der Waals surface area contributed by atoms with E-state index in [4.69, 9.17) is 0 Å². The Morgan fingerprint density at radius 3 is 2.29 bits per heavy atom. The number of carbonyl (C=O) groups is 1. The molecule has 1 aromatic heterocycles. The van der Waals surface area contributed by atoms with Gasteiger partial charge in [-0.15, -0.1) is 0 Å². The number of fused-ring (bicyclic) bond motifs is 1. The lowest BCUT2D eigenvalue weighted by atomic mass is 9.48. The van der Waals surface area contributed by atoms with Crippen LogP contribution >= 0.6 is 15.9 Å². The summed E-state index contributed by atoms with van der Waals surface area (Å²) < 4.78 is 0.807. The molecule has 1 aromatic carbocycles. The summed E-state index contributed by atoms with van der Waals surface area (Å²) in [6, 6.07) is 8.14. The van der Waals surface area contributed by atoms with Crippen LogP contribution in [0.2, 0.25) is 0 Å². The Hall–Kier alpha value is -1.42. The Bertz CT molecular complexity index is 825. The Morgan fingerprint density at radius 2 is 1.71 bits per heavy atom. The van der Waals surface area contributed by atoms with Crippen molar-refractivity contribution in [3.8, 4) is 0 Å². The van der Waals surface area contributed by atoms with E-state index < -0.39 is 5.97 Å². The molecule has 1 heterocycles. The molecule has 0 spiro atoms. The zero-order valence-corrected chi connectivity index (χ0v) is 15.1. The molecule has 4 fully saturated rings. The van der Waals surface area contributed by atoms with Gasteiger partial charge < -0.3 is 5.11 Å². The highest BCUT2D eigenvalue weighted by Crippen LogP contribution is 2.60. The lowest BCUT2D eigenvalue weighted by Gasteiger charge is -2.57. The molecule has 6 rings (SSSR count). The molecular weight excluding hydrogens is 366 g/mol. The summed E-state index contributed by atoms with van der Waals surface area (Å²) in [7, 11) is 0. The second-order valence-electron chi connectivity index (χ2n) is 8.22. The first kappa shape index (κ1) is 14.9. The largest absolute Gasteiger partial charge is 0.477 e. The first-order chi connectivity index (χ1) is 11.5. The summed E-state index contributed by atoms with van der Waals surface area (Å²) in [5.74, 6) is 1.73. The molecule has 0 atom stereocenters. The normalized spacial score (nSPS) is 34.0. The van der Waals surface area contributed by atoms with Gasteiger partial charge in [-0.25, -0.2) is 9.78 Å². The number of hydrogen-bond donors (Lipinski definition) is 1. The predicted molar refractivity (Wildman–Crippen MR) is 96.3 cm³/mol. The minimum absolute atomic E-state index is 0.108. The van der Waals surface area contributed by atoms with E-state index in [1.807, 2.05) is 0 Å². The van der Waals surface area contributed by atoms with E-state index in [0.717, 1.165) is 33.1 Å². The highest BCUT2D eigenvalue weighted by molar-refractivity contribution is 9.10. The van der Waals surface area contributed by atoms with Gasteiger partial charge in [0.25, 0.3) is 0 Å². The number of pyridine rings is 1. The number of aromatic nitrogens is 1. The minimum Gasteiger partial charge on any atom is -0.477 e. The lowest BCUT2D eigenvalue weighted by Crippen LogP contribution is -2.48. The maximum absolute atomic E-state index is 11.3. The Labute approximate surface area is 149 Å². The van der Waals surface area contributed by atoms with Crippen molar-refractivity contribution in [3.63, 3.8) is 0 Å². The number of benzene rings is 1. The maximum Gasteiger partial charge on any atom is 0.354 e. The summed E-state index contributed by atoms with van der Waals surface area (Å²) in [5, 5.41) is 10.3. The molecule has 4 heteroatoms. The second-order valence-corrected chi connectivity index (χ2v) is 9.08. The van der Waals surface area contributed by atoms with Gasteiger partial charge in [0.05, 0.1) is 5.52 Å². The fraction of sp³-hybridized carbons (Fsp3) is 0.500.